The number of esters is 1. The molecule has 0 aliphatic heterocycles. The maximum Gasteiger partial charge on any atom is 0.344 e. The highest BCUT2D eigenvalue weighted by Gasteiger charge is 2.27. The van der Waals surface area contributed by atoms with Gasteiger partial charge in [-0.2, -0.15) is 0 Å². The summed E-state index contributed by atoms with van der Waals surface area (Å²) in [5, 5.41) is 1.91. The molecule has 0 radical (unpaired) electrons. The lowest BCUT2D eigenvalue weighted by Crippen LogP contribution is -2.46. The lowest BCUT2D eigenvalue weighted by molar-refractivity contribution is -0.160. The van der Waals surface area contributed by atoms with Crippen molar-refractivity contribution in [1.82, 2.24) is 5.32 Å². The fraction of sp³-hybridized carbons (Fsp3) is 0.471. The fourth-order valence-electron chi connectivity index (χ4n) is 2.64. The minimum atomic E-state index is -1.10. The molecule has 0 unspecified atom stereocenters. The van der Waals surface area contributed by atoms with Gasteiger partial charge in [0.2, 0.25) is 0 Å². The fourth-order valence-corrected chi connectivity index (χ4v) is 2.64. The van der Waals surface area contributed by atoms with Crippen LogP contribution in [0.15, 0.2) is 18.2 Å². The quantitative estimate of drug-likeness (QED) is 0.763. The van der Waals surface area contributed by atoms with E-state index in [1.807, 2.05) is 23.5 Å². The van der Waals surface area contributed by atoms with Crippen LogP contribution in [0.1, 0.15) is 31.4 Å². The Labute approximate surface area is 140 Å². The summed E-state index contributed by atoms with van der Waals surface area (Å²) in [6.07, 6.45) is 2.11. The Kier molecular flexibility index (Phi) is 5.78. The van der Waals surface area contributed by atoms with Crippen LogP contribution in [-0.2, 0) is 27.2 Å². The molecule has 130 valence electrons. The number of fused-ring (bicyclic) bond motifs is 1. The van der Waals surface area contributed by atoms with Gasteiger partial charge in [0.25, 0.3) is 5.91 Å². The minimum Gasteiger partial charge on any atom is -0.482 e. The van der Waals surface area contributed by atoms with Crippen LogP contribution < -0.4 is 15.8 Å². The van der Waals surface area contributed by atoms with E-state index in [9.17, 15) is 14.4 Å². The molecule has 1 atom stereocenters. The molecule has 7 heteroatoms. The average molecular weight is 334 g/mol. The number of amides is 3. The van der Waals surface area contributed by atoms with Gasteiger partial charge in [-0.1, -0.05) is 19.9 Å². The van der Waals surface area contributed by atoms with E-state index < -0.39 is 24.0 Å². The van der Waals surface area contributed by atoms with Gasteiger partial charge >= 0.3 is 12.0 Å². The molecule has 0 heterocycles. The number of hydrogen-bond donors (Lipinski definition) is 2. The molecule has 7 nitrogen and oxygen atoms in total. The Bertz CT molecular complexity index is 642. The lowest BCUT2D eigenvalue weighted by atomic mass is 10.1. The number of benzene rings is 1. The zero-order chi connectivity index (χ0) is 17.7. The Hall–Kier alpha value is -2.57. The van der Waals surface area contributed by atoms with Crippen LogP contribution in [0.2, 0.25) is 0 Å². The molecule has 24 heavy (non-hydrogen) atoms. The molecule has 0 spiro atoms. The van der Waals surface area contributed by atoms with Crippen molar-refractivity contribution in [3.05, 3.63) is 29.3 Å². The first-order valence-corrected chi connectivity index (χ1v) is 7.91. The second-order valence-electron chi connectivity index (χ2n) is 6.08. The summed E-state index contributed by atoms with van der Waals surface area (Å²) in [5.41, 5.74) is 7.46. The Morgan fingerprint density at radius 3 is 2.58 bits per heavy atom. The van der Waals surface area contributed by atoms with Crippen molar-refractivity contribution in [2.45, 2.75) is 39.2 Å². The van der Waals surface area contributed by atoms with E-state index in [0.717, 1.165) is 19.3 Å². The SMILES string of the molecule is CC(C)[C@H](OC(=O)COc1ccc2c(c1)CCC2)C(=O)NC(N)=O. The third kappa shape index (κ3) is 4.71. The Morgan fingerprint density at radius 2 is 1.92 bits per heavy atom. The number of aryl methyl sites for hydroxylation is 2. The predicted molar refractivity (Wildman–Crippen MR) is 86.4 cm³/mol. The monoisotopic (exact) mass is 334 g/mol. The molecule has 0 saturated carbocycles. The summed E-state index contributed by atoms with van der Waals surface area (Å²) >= 11 is 0. The van der Waals surface area contributed by atoms with Gasteiger partial charge in [-0.3, -0.25) is 10.1 Å². The topological polar surface area (TPSA) is 108 Å². The number of carbonyl (C=O) groups excluding carboxylic acids is 3. The second kappa shape index (κ2) is 7.81. The summed E-state index contributed by atoms with van der Waals surface area (Å²) in [7, 11) is 0. The van der Waals surface area contributed by atoms with Crippen molar-refractivity contribution in [1.29, 1.82) is 0 Å². The Morgan fingerprint density at radius 1 is 1.21 bits per heavy atom. The maximum absolute atomic E-state index is 11.9. The van der Waals surface area contributed by atoms with Crippen molar-refractivity contribution in [2.24, 2.45) is 11.7 Å². The van der Waals surface area contributed by atoms with Gasteiger partial charge in [0.15, 0.2) is 12.7 Å². The number of urea groups is 1. The zero-order valence-electron chi connectivity index (χ0n) is 13.8. The number of imide groups is 1. The number of ether oxygens (including phenoxy) is 2. The molecule has 0 aromatic heterocycles. The number of hydrogen-bond acceptors (Lipinski definition) is 5. The summed E-state index contributed by atoms with van der Waals surface area (Å²) in [6, 6.07) is 4.75. The van der Waals surface area contributed by atoms with Crippen molar-refractivity contribution in [2.75, 3.05) is 6.61 Å². The molecule has 1 aromatic rings. The van der Waals surface area contributed by atoms with Gasteiger partial charge in [-0.25, -0.2) is 9.59 Å². The third-order valence-corrected chi connectivity index (χ3v) is 3.80. The summed E-state index contributed by atoms with van der Waals surface area (Å²) in [6.45, 7) is 3.08. The number of nitrogens with one attached hydrogen (secondary N) is 1. The van der Waals surface area contributed by atoms with E-state index in [4.69, 9.17) is 15.2 Å². The van der Waals surface area contributed by atoms with Crippen molar-refractivity contribution >= 4 is 17.9 Å². The van der Waals surface area contributed by atoms with E-state index in [2.05, 4.69) is 0 Å². The van der Waals surface area contributed by atoms with Crippen LogP contribution in [0, 0.1) is 5.92 Å². The number of nitrogens with two attached hydrogens (primary N) is 1. The molecule has 0 bridgehead atoms. The molecule has 1 aliphatic rings. The van der Waals surface area contributed by atoms with Gasteiger partial charge in [0.1, 0.15) is 5.75 Å². The van der Waals surface area contributed by atoms with Gasteiger partial charge in [0, 0.05) is 0 Å². The van der Waals surface area contributed by atoms with Crippen LogP contribution in [0.5, 0.6) is 5.75 Å². The van der Waals surface area contributed by atoms with Crippen LogP contribution in [0.4, 0.5) is 4.79 Å². The first-order chi connectivity index (χ1) is 11.4. The smallest absolute Gasteiger partial charge is 0.344 e. The first kappa shape index (κ1) is 17.8. The van der Waals surface area contributed by atoms with Gasteiger partial charge < -0.3 is 15.2 Å². The van der Waals surface area contributed by atoms with Crippen LogP contribution in [0.3, 0.4) is 0 Å². The molecule has 1 aromatic carbocycles. The number of rotatable bonds is 6. The first-order valence-electron chi connectivity index (χ1n) is 7.91. The molecule has 0 saturated heterocycles. The van der Waals surface area contributed by atoms with Crippen molar-refractivity contribution < 1.29 is 23.9 Å². The molecule has 2 rings (SSSR count). The van der Waals surface area contributed by atoms with E-state index in [1.54, 1.807) is 13.8 Å². The molecule has 1 aliphatic carbocycles. The number of primary amides is 1. The molecular weight excluding hydrogens is 312 g/mol. The van der Waals surface area contributed by atoms with Crippen LogP contribution >= 0.6 is 0 Å². The standard InChI is InChI=1S/C17H22N2O5/c1-10(2)15(16(21)19-17(18)22)24-14(20)9-23-13-7-6-11-4-3-5-12(11)8-13/h6-8,10,15H,3-5,9H2,1-2H3,(H3,18,19,21,22)/t15-/m0/s1. The predicted octanol–water partition coefficient (Wildman–Crippen LogP) is 1.32. The van der Waals surface area contributed by atoms with Gasteiger partial charge in [0.05, 0.1) is 0 Å². The van der Waals surface area contributed by atoms with Crippen molar-refractivity contribution in [3.63, 3.8) is 0 Å². The van der Waals surface area contributed by atoms with E-state index >= 15 is 0 Å². The van der Waals surface area contributed by atoms with Gasteiger partial charge in [-0.15, -0.1) is 0 Å². The highest BCUT2D eigenvalue weighted by Crippen LogP contribution is 2.26. The third-order valence-electron chi connectivity index (χ3n) is 3.80. The van der Waals surface area contributed by atoms with E-state index in [1.165, 1.54) is 11.1 Å². The molecule has 3 N–H and O–H groups in total. The summed E-state index contributed by atoms with van der Waals surface area (Å²) in [4.78, 5) is 34.5. The highest BCUT2D eigenvalue weighted by molar-refractivity contribution is 5.96. The van der Waals surface area contributed by atoms with Crippen molar-refractivity contribution in [3.8, 4) is 5.75 Å². The highest BCUT2D eigenvalue weighted by atomic mass is 16.6. The normalized spacial score (nSPS) is 14.0. The van der Waals surface area contributed by atoms with E-state index in [0.29, 0.717) is 5.75 Å². The minimum absolute atomic E-state index is 0.312. The lowest BCUT2D eigenvalue weighted by Gasteiger charge is -2.19. The summed E-state index contributed by atoms with van der Waals surface area (Å²) in [5.74, 6) is -1.15. The Balaban J connectivity index is 1.89. The zero-order valence-corrected chi connectivity index (χ0v) is 13.8. The number of carbonyl (C=O) groups is 3. The summed E-state index contributed by atoms with van der Waals surface area (Å²) < 4.78 is 10.5. The average Bonchev–Trinajstić information content (AvgIpc) is 2.97. The molecule has 3 amide bonds. The molecular formula is C17H22N2O5. The van der Waals surface area contributed by atoms with E-state index in [-0.39, 0.29) is 12.5 Å². The second-order valence-corrected chi connectivity index (χ2v) is 6.08. The largest absolute Gasteiger partial charge is 0.482 e. The van der Waals surface area contributed by atoms with Crippen LogP contribution in [-0.4, -0.2) is 30.6 Å². The molecule has 0 fully saturated rings. The van der Waals surface area contributed by atoms with Crippen LogP contribution in [0.25, 0.3) is 0 Å². The maximum atomic E-state index is 11.9. The van der Waals surface area contributed by atoms with Gasteiger partial charge in [-0.05, 0) is 48.4 Å².